The van der Waals surface area contributed by atoms with Crippen LogP contribution in [0, 0.1) is 12.8 Å². The molecule has 0 aliphatic heterocycles. The van der Waals surface area contributed by atoms with E-state index < -0.39 is 0 Å². The molecule has 5 nitrogen and oxygen atoms in total. The lowest BCUT2D eigenvalue weighted by atomic mass is 10.2. The van der Waals surface area contributed by atoms with Crippen LogP contribution in [0.15, 0.2) is 38.9 Å². The van der Waals surface area contributed by atoms with E-state index in [1.54, 1.807) is 11.3 Å². The molecule has 0 aliphatic rings. The van der Waals surface area contributed by atoms with Crippen molar-refractivity contribution in [2.75, 3.05) is 25.0 Å². The van der Waals surface area contributed by atoms with Gasteiger partial charge in [-0.1, -0.05) is 33.8 Å². The summed E-state index contributed by atoms with van der Waals surface area (Å²) in [6.07, 6.45) is 2.20. The summed E-state index contributed by atoms with van der Waals surface area (Å²) in [5.74, 6) is 2.91. The molecule has 0 spiro atoms. The highest BCUT2D eigenvalue weighted by Gasteiger charge is 2.10. The van der Waals surface area contributed by atoms with Gasteiger partial charge in [-0.25, -0.2) is 9.98 Å². The first-order chi connectivity index (χ1) is 13.9. The van der Waals surface area contributed by atoms with Crippen LogP contribution in [0.1, 0.15) is 53.0 Å². The summed E-state index contributed by atoms with van der Waals surface area (Å²) >= 11 is 1.68. The molecule has 0 unspecified atom stereocenters. The van der Waals surface area contributed by atoms with Crippen molar-refractivity contribution >= 4 is 28.9 Å². The largest absolute Gasteiger partial charge is 0.360 e. The molecular weight excluding hydrogens is 378 g/mol. The van der Waals surface area contributed by atoms with E-state index >= 15 is 0 Å². The number of nitrogens with zero attached hydrogens (tertiary/aromatic N) is 4. The molecule has 0 atom stereocenters. The lowest BCUT2D eigenvalue weighted by Crippen LogP contribution is -2.32. The van der Waals surface area contributed by atoms with Crippen LogP contribution in [0.3, 0.4) is 0 Å². The van der Waals surface area contributed by atoms with Crippen molar-refractivity contribution in [1.29, 1.82) is 0 Å². The number of thiophene rings is 1. The van der Waals surface area contributed by atoms with E-state index in [2.05, 4.69) is 80.7 Å². The summed E-state index contributed by atoms with van der Waals surface area (Å²) in [6.45, 7) is 15.6. The quantitative estimate of drug-likeness (QED) is 0.421. The van der Waals surface area contributed by atoms with Crippen molar-refractivity contribution in [1.82, 2.24) is 9.88 Å². The Labute approximate surface area is 180 Å². The Balaban J connectivity index is 2.32. The van der Waals surface area contributed by atoms with Crippen LogP contribution in [-0.2, 0) is 0 Å². The predicted molar refractivity (Wildman–Crippen MR) is 128 cm³/mol. The van der Waals surface area contributed by atoms with Crippen LogP contribution in [-0.4, -0.2) is 41.3 Å². The first-order valence-electron chi connectivity index (χ1n) is 10.6. The lowest BCUT2D eigenvalue weighted by molar-refractivity contribution is 0.415. The van der Waals surface area contributed by atoms with Crippen LogP contribution in [0.4, 0.5) is 5.82 Å². The van der Waals surface area contributed by atoms with Gasteiger partial charge in [0.25, 0.3) is 0 Å². The zero-order valence-electron chi connectivity index (χ0n) is 18.7. The standard InChI is InChI=1S/C23H35N5S/c1-7-12-28(13-8-2)19(6)25-23(24-15-17(3)4)27-22-18(5)9-10-21(26-22)20-11-14-29-16-20/h9-11,14,16-17H,7-8,12-13,15H2,1-6H3,(H,24,26,27). The first-order valence-corrected chi connectivity index (χ1v) is 11.5. The molecule has 0 saturated heterocycles. The second-order valence-electron chi connectivity index (χ2n) is 7.70. The molecule has 29 heavy (non-hydrogen) atoms. The summed E-state index contributed by atoms with van der Waals surface area (Å²) in [5, 5.41) is 7.59. The summed E-state index contributed by atoms with van der Waals surface area (Å²) < 4.78 is 0. The molecule has 0 fully saturated rings. The van der Waals surface area contributed by atoms with Crippen LogP contribution in [0.25, 0.3) is 11.3 Å². The number of hydrogen-bond acceptors (Lipinski definition) is 3. The summed E-state index contributed by atoms with van der Waals surface area (Å²) in [6, 6.07) is 6.25. The number of aliphatic imine (C=N–C) groups is 2. The molecule has 2 aromatic rings. The molecule has 0 aromatic carbocycles. The van der Waals surface area contributed by atoms with Gasteiger partial charge in [0.15, 0.2) is 0 Å². The Morgan fingerprint density at radius 1 is 1.17 bits per heavy atom. The highest BCUT2D eigenvalue weighted by molar-refractivity contribution is 7.08. The van der Waals surface area contributed by atoms with Crippen LogP contribution in [0.2, 0.25) is 0 Å². The van der Waals surface area contributed by atoms with Crippen LogP contribution in [0.5, 0.6) is 0 Å². The second kappa shape index (κ2) is 11.7. The molecule has 158 valence electrons. The van der Waals surface area contributed by atoms with Gasteiger partial charge in [0.05, 0.1) is 5.69 Å². The molecule has 0 amide bonds. The zero-order chi connectivity index (χ0) is 21.2. The Morgan fingerprint density at radius 2 is 1.90 bits per heavy atom. The van der Waals surface area contributed by atoms with Crippen LogP contribution >= 0.6 is 11.3 Å². The number of hydrogen-bond donors (Lipinski definition) is 1. The third kappa shape index (κ3) is 7.28. The van der Waals surface area contributed by atoms with Crippen molar-refractivity contribution in [3.8, 4) is 11.3 Å². The fourth-order valence-electron chi connectivity index (χ4n) is 2.90. The van der Waals surface area contributed by atoms with E-state index in [0.29, 0.717) is 11.9 Å². The predicted octanol–water partition coefficient (Wildman–Crippen LogP) is 6.08. The normalized spacial score (nSPS) is 12.5. The van der Waals surface area contributed by atoms with Crippen molar-refractivity contribution in [3.05, 3.63) is 34.5 Å². The monoisotopic (exact) mass is 413 g/mol. The Hall–Kier alpha value is -2.21. The minimum absolute atomic E-state index is 0.468. The van der Waals surface area contributed by atoms with Gasteiger partial charge in [0.1, 0.15) is 11.7 Å². The van der Waals surface area contributed by atoms with Crippen LogP contribution < -0.4 is 5.32 Å². The first kappa shape index (κ1) is 23.1. The number of pyridine rings is 1. The van der Waals surface area contributed by atoms with E-state index in [9.17, 15) is 0 Å². The maximum absolute atomic E-state index is 4.86. The Bertz CT molecular complexity index is 803. The zero-order valence-corrected chi connectivity index (χ0v) is 19.5. The molecular formula is C23H35N5S. The molecule has 2 rings (SSSR count). The number of anilines is 1. The SMILES string of the molecule is CCCN(CCC)C(C)=NC(=NCC(C)C)Nc1nc(-c2ccsc2)ccc1C. The molecule has 1 N–H and O–H groups in total. The highest BCUT2D eigenvalue weighted by Crippen LogP contribution is 2.23. The minimum Gasteiger partial charge on any atom is -0.360 e. The molecule has 0 saturated carbocycles. The number of rotatable bonds is 8. The Kier molecular flexibility index (Phi) is 9.32. The average molecular weight is 414 g/mol. The van der Waals surface area contributed by atoms with Gasteiger partial charge in [0.2, 0.25) is 5.96 Å². The lowest BCUT2D eigenvalue weighted by Gasteiger charge is -2.23. The minimum atomic E-state index is 0.468. The van der Waals surface area contributed by atoms with Gasteiger partial charge in [0, 0.05) is 30.6 Å². The molecule has 6 heteroatoms. The fourth-order valence-corrected chi connectivity index (χ4v) is 3.55. The maximum atomic E-state index is 4.86. The number of guanidine groups is 1. The van der Waals surface area contributed by atoms with Gasteiger partial charge >= 0.3 is 0 Å². The highest BCUT2D eigenvalue weighted by atomic mass is 32.1. The number of aromatic nitrogens is 1. The Morgan fingerprint density at radius 3 is 2.48 bits per heavy atom. The summed E-state index contributed by atoms with van der Waals surface area (Å²) in [4.78, 5) is 16.8. The van der Waals surface area contributed by atoms with Gasteiger partial charge in [-0.2, -0.15) is 11.3 Å². The molecule has 0 radical (unpaired) electrons. The number of aryl methyl sites for hydroxylation is 1. The van der Waals surface area contributed by atoms with Gasteiger partial charge in [-0.05, 0) is 55.7 Å². The van der Waals surface area contributed by atoms with E-state index in [0.717, 1.165) is 61.0 Å². The average Bonchev–Trinajstić information content (AvgIpc) is 3.22. The number of amidine groups is 1. The van der Waals surface area contributed by atoms with Crippen molar-refractivity contribution in [2.45, 2.75) is 54.4 Å². The topological polar surface area (TPSA) is 52.9 Å². The van der Waals surface area contributed by atoms with E-state index in [4.69, 9.17) is 15.0 Å². The summed E-state index contributed by atoms with van der Waals surface area (Å²) in [5.41, 5.74) is 3.17. The fraction of sp³-hybridized carbons (Fsp3) is 0.522. The van der Waals surface area contributed by atoms with Gasteiger partial charge in [-0.3, -0.25) is 4.99 Å². The van der Waals surface area contributed by atoms with E-state index in [-0.39, 0.29) is 0 Å². The molecule has 2 heterocycles. The maximum Gasteiger partial charge on any atom is 0.225 e. The van der Waals surface area contributed by atoms with Gasteiger partial charge < -0.3 is 10.2 Å². The van der Waals surface area contributed by atoms with E-state index in [1.165, 1.54) is 0 Å². The number of nitrogens with one attached hydrogen (secondary N) is 1. The van der Waals surface area contributed by atoms with Crippen molar-refractivity contribution in [2.24, 2.45) is 15.9 Å². The molecule has 0 bridgehead atoms. The van der Waals surface area contributed by atoms with Crippen molar-refractivity contribution < 1.29 is 0 Å². The van der Waals surface area contributed by atoms with Gasteiger partial charge in [-0.15, -0.1) is 0 Å². The summed E-state index contributed by atoms with van der Waals surface area (Å²) in [7, 11) is 0. The third-order valence-electron chi connectivity index (χ3n) is 4.46. The second-order valence-corrected chi connectivity index (χ2v) is 8.48. The van der Waals surface area contributed by atoms with Crippen molar-refractivity contribution in [3.63, 3.8) is 0 Å². The molecule has 2 aromatic heterocycles. The third-order valence-corrected chi connectivity index (χ3v) is 5.15. The molecule has 0 aliphatic carbocycles. The smallest absolute Gasteiger partial charge is 0.225 e. The van der Waals surface area contributed by atoms with E-state index in [1.807, 2.05) is 0 Å².